The summed E-state index contributed by atoms with van der Waals surface area (Å²) in [6, 6.07) is 5.32. The third-order valence-corrected chi connectivity index (χ3v) is 5.87. The average Bonchev–Trinajstić information content (AvgIpc) is 3.03. The Kier molecular flexibility index (Phi) is 8.44. The van der Waals surface area contributed by atoms with Gasteiger partial charge in [-0.15, -0.1) is 24.0 Å². The zero-order valence-corrected chi connectivity index (χ0v) is 18.3. The molecule has 1 aromatic rings. The highest BCUT2D eigenvalue weighted by atomic mass is 127. The summed E-state index contributed by atoms with van der Waals surface area (Å²) < 4.78 is 1.78. The van der Waals surface area contributed by atoms with Crippen molar-refractivity contribution in [2.24, 2.45) is 10.4 Å². The van der Waals surface area contributed by atoms with E-state index in [2.05, 4.69) is 15.2 Å². The van der Waals surface area contributed by atoms with E-state index in [0.29, 0.717) is 5.41 Å². The van der Waals surface area contributed by atoms with Crippen LogP contribution in [-0.4, -0.2) is 42.1 Å². The van der Waals surface area contributed by atoms with E-state index >= 15 is 0 Å². The van der Waals surface area contributed by atoms with Crippen LogP contribution < -0.4 is 10.9 Å². The van der Waals surface area contributed by atoms with Crippen molar-refractivity contribution >= 4 is 29.9 Å². The molecule has 1 aliphatic heterocycles. The Labute approximate surface area is 174 Å². The van der Waals surface area contributed by atoms with Gasteiger partial charge in [0.05, 0.1) is 0 Å². The zero-order chi connectivity index (χ0) is 17.5. The molecule has 3 rings (SSSR count). The van der Waals surface area contributed by atoms with Gasteiger partial charge in [0, 0.05) is 45.5 Å². The first-order valence-corrected chi connectivity index (χ1v) is 9.84. The largest absolute Gasteiger partial charge is 0.356 e. The molecule has 0 atom stereocenters. The normalized spacial score (nSPS) is 19.4. The lowest BCUT2D eigenvalue weighted by Crippen LogP contribution is -2.42. The molecule has 1 spiro atoms. The maximum absolute atomic E-state index is 11.7. The quantitative estimate of drug-likeness (QED) is 0.309. The van der Waals surface area contributed by atoms with Crippen LogP contribution in [0.1, 0.15) is 51.4 Å². The summed E-state index contributed by atoms with van der Waals surface area (Å²) in [5.41, 5.74) is 0.644. The Hall–Kier alpha value is -1.05. The molecule has 6 heteroatoms. The molecule has 1 aromatic heterocycles. The Morgan fingerprint density at radius 1 is 1.19 bits per heavy atom. The SMILES string of the molecule is CN=C(NCCCCn1ccccc1=O)N1CCC2(CCCCC2)C1.I. The minimum atomic E-state index is 0. The van der Waals surface area contributed by atoms with Gasteiger partial charge in [-0.2, -0.15) is 0 Å². The second kappa shape index (κ2) is 10.3. The molecule has 2 fully saturated rings. The summed E-state index contributed by atoms with van der Waals surface area (Å²) in [6.07, 6.45) is 12.2. The smallest absolute Gasteiger partial charge is 0.250 e. The number of hydrogen-bond acceptors (Lipinski definition) is 2. The highest BCUT2D eigenvalue weighted by Crippen LogP contribution is 2.43. The molecule has 26 heavy (non-hydrogen) atoms. The van der Waals surface area contributed by atoms with Gasteiger partial charge in [-0.05, 0) is 43.6 Å². The number of guanidine groups is 1. The summed E-state index contributed by atoms with van der Waals surface area (Å²) in [4.78, 5) is 18.6. The number of nitrogens with zero attached hydrogens (tertiary/aromatic N) is 3. The third-order valence-electron chi connectivity index (χ3n) is 5.87. The number of likely N-dealkylation sites (tertiary alicyclic amines) is 1. The van der Waals surface area contributed by atoms with Crippen molar-refractivity contribution in [2.45, 2.75) is 57.9 Å². The Morgan fingerprint density at radius 2 is 2.00 bits per heavy atom. The van der Waals surface area contributed by atoms with Crippen molar-refractivity contribution < 1.29 is 0 Å². The average molecular weight is 472 g/mol. The van der Waals surface area contributed by atoms with Crippen LogP contribution in [0.4, 0.5) is 0 Å². The number of aliphatic imine (C=N–C) groups is 1. The minimum Gasteiger partial charge on any atom is -0.356 e. The third kappa shape index (κ3) is 5.47. The number of halogens is 1. The standard InChI is InChI=1S/C20H32N4O.HI/c1-21-19(24-16-12-20(17-24)10-4-2-5-11-20)22-13-6-8-15-23-14-7-3-9-18(23)25;/h3,7,9,14H,2,4-6,8,10-13,15-17H2,1H3,(H,21,22);1H. The fourth-order valence-corrected chi connectivity index (χ4v) is 4.41. The zero-order valence-electron chi connectivity index (χ0n) is 16.0. The lowest BCUT2D eigenvalue weighted by molar-refractivity contribution is 0.203. The minimum absolute atomic E-state index is 0. The lowest BCUT2D eigenvalue weighted by atomic mass is 9.73. The van der Waals surface area contributed by atoms with Gasteiger partial charge >= 0.3 is 0 Å². The van der Waals surface area contributed by atoms with Gasteiger partial charge in [-0.25, -0.2) is 0 Å². The molecule has 0 radical (unpaired) electrons. The van der Waals surface area contributed by atoms with Crippen molar-refractivity contribution in [2.75, 3.05) is 26.7 Å². The fraction of sp³-hybridized carbons (Fsp3) is 0.700. The Morgan fingerprint density at radius 3 is 2.73 bits per heavy atom. The summed E-state index contributed by atoms with van der Waals surface area (Å²) >= 11 is 0. The summed E-state index contributed by atoms with van der Waals surface area (Å²) in [5, 5.41) is 3.52. The molecule has 0 amide bonds. The molecule has 1 saturated heterocycles. The molecule has 5 nitrogen and oxygen atoms in total. The topological polar surface area (TPSA) is 49.6 Å². The van der Waals surface area contributed by atoms with Crippen LogP contribution in [0.3, 0.4) is 0 Å². The first-order valence-electron chi connectivity index (χ1n) is 9.84. The predicted octanol–water partition coefficient (Wildman–Crippen LogP) is 3.48. The van der Waals surface area contributed by atoms with E-state index in [9.17, 15) is 4.79 Å². The molecule has 2 aliphatic rings. The number of aromatic nitrogens is 1. The van der Waals surface area contributed by atoms with E-state index in [1.165, 1.54) is 45.1 Å². The number of rotatable bonds is 5. The highest BCUT2D eigenvalue weighted by Gasteiger charge is 2.39. The van der Waals surface area contributed by atoms with Gasteiger partial charge < -0.3 is 14.8 Å². The fourth-order valence-electron chi connectivity index (χ4n) is 4.41. The Bertz CT molecular complexity index is 637. The van der Waals surface area contributed by atoms with E-state index in [0.717, 1.165) is 38.4 Å². The van der Waals surface area contributed by atoms with Crippen LogP contribution in [0, 0.1) is 5.41 Å². The van der Waals surface area contributed by atoms with Gasteiger partial charge in [0.2, 0.25) is 5.56 Å². The number of nitrogens with one attached hydrogen (secondary N) is 1. The Balaban J connectivity index is 0.00000243. The van der Waals surface area contributed by atoms with Crippen molar-refractivity contribution in [3.8, 4) is 0 Å². The molecule has 1 N–H and O–H groups in total. The highest BCUT2D eigenvalue weighted by molar-refractivity contribution is 14.0. The van der Waals surface area contributed by atoms with Crippen LogP contribution in [0.25, 0.3) is 0 Å². The van der Waals surface area contributed by atoms with Gasteiger partial charge in [-0.1, -0.05) is 25.3 Å². The number of unbranched alkanes of at least 4 members (excludes halogenated alkanes) is 1. The van der Waals surface area contributed by atoms with Gasteiger partial charge in [0.25, 0.3) is 0 Å². The van der Waals surface area contributed by atoms with Crippen molar-refractivity contribution in [1.82, 2.24) is 14.8 Å². The van der Waals surface area contributed by atoms with Crippen molar-refractivity contribution in [3.05, 3.63) is 34.7 Å². The summed E-state index contributed by atoms with van der Waals surface area (Å²) in [6.45, 7) is 4.01. The summed E-state index contributed by atoms with van der Waals surface area (Å²) in [7, 11) is 1.89. The molecule has 0 bridgehead atoms. The van der Waals surface area contributed by atoms with E-state index in [-0.39, 0.29) is 29.5 Å². The summed E-state index contributed by atoms with van der Waals surface area (Å²) in [5.74, 6) is 1.05. The predicted molar refractivity (Wildman–Crippen MR) is 118 cm³/mol. The lowest BCUT2D eigenvalue weighted by Gasteiger charge is -2.33. The number of pyridine rings is 1. The molecule has 1 aliphatic carbocycles. The first-order chi connectivity index (χ1) is 12.2. The van der Waals surface area contributed by atoms with E-state index in [1.54, 1.807) is 16.7 Å². The maximum atomic E-state index is 11.7. The molecule has 0 aromatic carbocycles. The van der Waals surface area contributed by atoms with Crippen LogP contribution in [0.15, 0.2) is 34.2 Å². The van der Waals surface area contributed by atoms with Crippen LogP contribution in [-0.2, 0) is 6.54 Å². The van der Waals surface area contributed by atoms with E-state index in [4.69, 9.17) is 0 Å². The second-order valence-corrected chi connectivity index (χ2v) is 7.65. The monoisotopic (exact) mass is 472 g/mol. The van der Waals surface area contributed by atoms with E-state index < -0.39 is 0 Å². The van der Waals surface area contributed by atoms with Crippen LogP contribution >= 0.6 is 24.0 Å². The molecular formula is C20H33IN4O. The molecular weight excluding hydrogens is 439 g/mol. The number of aryl methyl sites for hydroxylation is 1. The van der Waals surface area contributed by atoms with Gasteiger partial charge in [-0.3, -0.25) is 9.79 Å². The molecule has 2 heterocycles. The van der Waals surface area contributed by atoms with Gasteiger partial charge in [0.15, 0.2) is 5.96 Å². The van der Waals surface area contributed by atoms with Crippen molar-refractivity contribution in [3.63, 3.8) is 0 Å². The number of hydrogen-bond donors (Lipinski definition) is 1. The molecule has 0 unspecified atom stereocenters. The van der Waals surface area contributed by atoms with E-state index in [1.807, 2.05) is 19.3 Å². The maximum Gasteiger partial charge on any atom is 0.250 e. The molecule has 1 saturated carbocycles. The second-order valence-electron chi connectivity index (χ2n) is 7.65. The first kappa shape index (κ1) is 21.3. The molecule has 146 valence electrons. The van der Waals surface area contributed by atoms with Crippen LogP contribution in [0.2, 0.25) is 0 Å². The van der Waals surface area contributed by atoms with Crippen molar-refractivity contribution in [1.29, 1.82) is 0 Å². The van der Waals surface area contributed by atoms with Gasteiger partial charge in [0.1, 0.15) is 0 Å². The van der Waals surface area contributed by atoms with Crippen LogP contribution in [0.5, 0.6) is 0 Å².